The molecule has 0 atom stereocenters. The van der Waals surface area contributed by atoms with Gasteiger partial charge in [-0.1, -0.05) is 0 Å². The number of aryl methyl sites for hydroxylation is 1. The summed E-state index contributed by atoms with van der Waals surface area (Å²) in [5, 5.41) is 11.8. The number of aliphatic hydroxyl groups excluding tert-OH is 1. The minimum Gasteiger partial charge on any atom is -0.397 e. The van der Waals surface area contributed by atoms with Crippen LogP contribution in [0.25, 0.3) is 0 Å². The standard InChI is InChI=1S/C12H19FN2O/c1-9-7-12(11(14)8-10(9)13)15-5-3-2-4-6-16/h7-8,15-16H,2-6,14H2,1H3. The number of nitrogens with one attached hydrogen (secondary N) is 1. The van der Waals surface area contributed by atoms with E-state index >= 15 is 0 Å². The maximum Gasteiger partial charge on any atom is 0.128 e. The van der Waals surface area contributed by atoms with E-state index in [0.717, 1.165) is 31.5 Å². The van der Waals surface area contributed by atoms with Gasteiger partial charge in [0.25, 0.3) is 0 Å². The van der Waals surface area contributed by atoms with Crippen LogP contribution in [0, 0.1) is 12.7 Å². The van der Waals surface area contributed by atoms with Gasteiger partial charge in [0.15, 0.2) is 0 Å². The molecule has 0 spiro atoms. The van der Waals surface area contributed by atoms with Crippen molar-refractivity contribution < 1.29 is 9.50 Å². The minimum atomic E-state index is -0.275. The van der Waals surface area contributed by atoms with Crippen LogP contribution in [0.5, 0.6) is 0 Å². The van der Waals surface area contributed by atoms with E-state index in [2.05, 4.69) is 5.32 Å². The lowest BCUT2D eigenvalue weighted by Gasteiger charge is -2.10. The average Bonchev–Trinajstić information content (AvgIpc) is 2.25. The summed E-state index contributed by atoms with van der Waals surface area (Å²) in [4.78, 5) is 0. The van der Waals surface area contributed by atoms with Crippen molar-refractivity contribution in [3.8, 4) is 0 Å². The second-order valence-electron chi connectivity index (χ2n) is 3.90. The predicted molar refractivity (Wildman–Crippen MR) is 65.0 cm³/mol. The first-order valence-electron chi connectivity index (χ1n) is 5.55. The van der Waals surface area contributed by atoms with Crippen LogP contribution >= 0.6 is 0 Å². The van der Waals surface area contributed by atoms with E-state index in [9.17, 15) is 4.39 Å². The monoisotopic (exact) mass is 226 g/mol. The first-order valence-corrected chi connectivity index (χ1v) is 5.55. The summed E-state index contributed by atoms with van der Waals surface area (Å²) in [6, 6.07) is 3.06. The van der Waals surface area contributed by atoms with Crippen molar-refractivity contribution >= 4 is 11.4 Å². The topological polar surface area (TPSA) is 58.3 Å². The normalized spacial score (nSPS) is 10.4. The molecule has 4 N–H and O–H groups in total. The van der Waals surface area contributed by atoms with Crippen LogP contribution in [0.2, 0.25) is 0 Å². The van der Waals surface area contributed by atoms with E-state index in [1.165, 1.54) is 6.07 Å². The van der Waals surface area contributed by atoms with Crippen LogP contribution in [0.15, 0.2) is 12.1 Å². The van der Waals surface area contributed by atoms with Gasteiger partial charge in [-0.25, -0.2) is 4.39 Å². The molecule has 0 heterocycles. The third-order valence-electron chi connectivity index (χ3n) is 2.48. The molecule has 0 aliphatic heterocycles. The van der Waals surface area contributed by atoms with Gasteiger partial charge in [-0.05, 0) is 43.9 Å². The Morgan fingerprint density at radius 3 is 2.75 bits per heavy atom. The molecule has 16 heavy (non-hydrogen) atoms. The summed E-state index contributed by atoms with van der Waals surface area (Å²) in [5.74, 6) is -0.275. The molecule has 4 heteroatoms. The number of nitrogens with two attached hydrogens (primary N) is 1. The first kappa shape index (κ1) is 12.8. The molecular weight excluding hydrogens is 207 g/mol. The molecule has 0 fully saturated rings. The summed E-state index contributed by atoms with van der Waals surface area (Å²) in [6.07, 6.45) is 2.76. The van der Waals surface area contributed by atoms with Crippen LogP contribution in [0.1, 0.15) is 24.8 Å². The molecule has 0 bridgehead atoms. The zero-order valence-corrected chi connectivity index (χ0v) is 9.59. The van der Waals surface area contributed by atoms with E-state index in [1.807, 2.05) is 0 Å². The zero-order valence-electron chi connectivity index (χ0n) is 9.59. The molecule has 0 aliphatic carbocycles. The number of anilines is 2. The lowest BCUT2D eigenvalue weighted by molar-refractivity contribution is 0.283. The average molecular weight is 226 g/mol. The number of unbranched alkanes of at least 4 members (excludes halogenated alkanes) is 2. The Labute approximate surface area is 95.5 Å². The molecule has 0 saturated carbocycles. The Kier molecular flexibility index (Phi) is 5.05. The van der Waals surface area contributed by atoms with E-state index in [-0.39, 0.29) is 12.4 Å². The highest BCUT2D eigenvalue weighted by atomic mass is 19.1. The quantitative estimate of drug-likeness (QED) is 0.515. The largest absolute Gasteiger partial charge is 0.397 e. The number of benzene rings is 1. The number of rotatable bonds is 6. The molecule has 1 aromatic carbocycles. The van der Waals surface area contributed by atoms with Crippen molar-refractivity contribution in [3.63, 3.8) is 0 Å². The fraction of sp³-hybridized carbons (Fsp3) is 0.500. The highest BCUT2D eigenvalue weighted by Crippen LogP contribution is 2.22. The molecule has 90 valence electrons. The Balaban J connectivity index is 2.45. The highest BCUT2D eigenvalue weighted by molar-refractivity contribution is 5.67. The third kappa shape index (κ3) is 3.70. The van der Waals surface area contributed by atoms with Crippen LogP contribution in [0.3, 0.4) is 0 Å². The van der Waals surface area contributed by atoms with E-state index < -0.39 is 0 Å². The molecule has 1 aromatic rings. The Morgan fingerprint density at radius 2 is 2.06 bits per heavy atom. The van der Waals surface area contributed by atoms with Gasteiger partial charge in [0.1, 0.15) is 5.82 Å². The summed E-state index contributed by atoms with van der Waals surface area (Å²) >= 11 is 0. The number of aliphatic hydroxyl groups is 1. The molecule has 0 aromatic heterocycles. The molecule has 0 saturated heterocycles. The first-order chi connectivity index (χ1) is 7.65. The van der Waals surface area contributed by atoms with Crippen molar-refractivity contribution in [1.82, 2.24) is 0 Å². The predicted octanol–water partition coefficient (Wildman–Crippen LogP) is 2.29. The number of nitrogen functional groups attached to an aromatic ring is 1. The molecule has 1 rings (SSSR count). The van der Waals surface area contributed by atoms with Gasteiger partial charge in [-0.15, -0.1) is 0 Å². The number of hydrogen-bond acceptors (Lipinski definition) is 3. The minimum absolute atomic E-state index is 0.234. The molecule has 0 radical (unpaired) electrons. The third-order valence-corrected chi connectivity index (χ3v) is 2.48. The van der Waals surface area contributed by atoms with Gasteiger partial charge in [-0.2, -0.15) is 0 Å². The molecule has 0 unspecified atom stereocenters. The fourth-order valence-electron chi connectivity index (χ4n) is 1.49. The number of hydrogen-bond donors (Lipinski definition) is 3. The molecule has 0 amide bonds. The zero-order chi connectivity index (χ0) is 12.0. The van der Waals surface area contributed by atoms with Crippen LogP contribution < -0.4 is 11.1 Å². The SMILES string of the molecule is Cc1cc(NCCCCCO)c(N)cc1F. The second kappa shape index (κ2) is 6.33. The maximum atomic E-state index is 13.1. The van der Waals surface area contributed by atoms with E-state index in [4.69, 9.17) is 10.8 Å². The van der Waals surface area contributed by atoms with Crippen molar-refractivity contribution in [1.29, 1.82) is 0 Å². The summed E-state index contributed by atoms with van der Waals surface area (Å²) in [5.41, 5.74) is 7.49. The van der Waals surface area contributed by atoms with Gasteiger partial charge in [0.2, 0.25) is 0 Å². The smallest absolute Gasteiger partial charge is 0.128 e. The van der Waals surface area contributed by atoms with Gasteiger partial charge in [0, 0.05) is 13.2 Å². The molecule has 0 aliphatic rings. The Morgan fingerprint density at radius 1 is 1.31 bits per heavy atom. The molecular formula is C12H19FN2O. The van der Waals surface area contributed by atoms with Gasteiger partial charge in [-0.3, -0.25) is 0 Å². The van der Waals surface area contributed by atoms with Crippen molar-refractivity contribution in [2.24, 2.45) is 0 Å². The molecule has 3 nitrogen and oxygen atoms in total. The van der Waals surface area contributed by atoms with E-state index in [0.29, 0.717) is 11.3 Å². The van der Waals surface area contributed by atoms with Crippen LogP contribution in [-0.2, 0) is 0 Å². The van der Waals surface area contributed by atoms with Crippen molar-refractivity contribution in [2.75, 3.05) is 24.2 Å². The Hall–Kier alpha value is -1.29. The summed E-state index contributed by atoms with van der Waals surface area (Å²) in [6.45, 7) is 2.73. The van der Waals surface area contributed by atoms with Crippen molar-refractivity contribution in [2.45, 2.75) is 26.2 Å². The van der Waals surface area contributed by atoms with Gasteiger partial charge >= 0.3 is 0 Å². The second-order valence-corrected chi connectivity index (χ2v) is 3.90. The summed E-state index contributed by atoms with van der Waals surface area (Å²) < 4.78 is 13.1. The van der Waals surface area contributed by atoms with Gasteiger partial charge < -0.3 is 16.2 Å². The summed E-state index contributed by atoms with van der Waals surface area (Å²) in [7, 11) is 0. The maximum absolute atomic E-state index is 13.1. The van der Waals surface area contributed by atoms with E-state index in [1.54, 1.807) is 13.0 Å². The lowest BCUT2D eigenvalue weighted by atomic mass is 10.1. The Bertz CT molecular complexity index is 342. The highest BCUT2D eigenvalue weighted by Gasteiger charge is 2.03. The number of halogens is 1. The van der Waals surface area contributed by atoms with Crippen molar-refractivity contribution in [3.05, 3.63) is 23.5 Å². The fourth-order valence-corrected chi connectivity index (χ4v) is 1.49. The van der Waals surface area contributed by atoms with Crippen LogP contribution in [-0.4, -0.2) is 18.3 Å². The van der Waals surface area contributed by atoms with Gasteiger partial charge in [0.05, 0.1) is 11.4 Å². The lowest BCUT2D eigenvalue weighted by Crippen LogP contribution is -2.05. The van der Waals surface area contributed by atoms with Crippen LogP contribution in [0.4, 0.5) is 15.8 Å².